The smallest absolute Gasteiger partial charge is 0.126 e. The molecule has 2 aromatic rings. The number of hydrogen-bond donors (Lipinski definition) is 0. The second-order valence-electron chi connectivity index (χ2n) is 6.25. The Morgan fingerprint density at radius 3 is 3.00 bits per heavy atom. The molecule has 0 bridgehead atoms. The molecule has 2 aromatic heterocycles. The van der Waals surface area contributed by atoms with E-state index >= 15 is 0 Å². The lowest BCUT2D eigenvalue weighted by Gasteiger charge is -2.23. The molecule has 1 atom stereocenters. The van der Waals surface area contributed by atoms with Gasteiger partial charge in [0.25, 0.3) is 0 Å². The largest absolute Gasteiger partial charge is 0.364 e. The summed E-state index contributed by atoms with van der Waals surface area (Å²) < 4.78 is 7.32. The van der Waals surface area contributed by atoms with Crippen molar-refractivity contribution in [3.63, 3.8) is 0 Å². The van der Waals surface area contributed by atoms with Gasteiger partial charge in [-0.25, -0.2) is 4.98 Å². The molecule has 0 radical (unpaired) electrons. The van der Waals surface area contributed by atoms with Crippen LogP contribution in [-0.2, 0) is 26.4 Å². The van der Waals surface area contributed by atoms with Crippen LogP contribution in [0, 0.1) is 0 Å². The van der Waals surface area contributed by atoms with Crippen molar-refractivity contribution in [3.8, 4) is 0 Å². The van der Waals surface area contributed by atoms with Crippen LogP contribution < -0.4 is 0 Å². The predicted molar refractivity (Wildman–Crippen MR) is 78.7 cm³/mol. The third-order valence-electron chi connectivity index (χ3n) is 4.93. The van der Waals surface area contributed by atoms with Gasteiger partial charge in [0.05, 0.1) is 17.4 Å². The van der Waals surface area contributed by atoms with Crippen molar-refractivity contribution in [1.29, 1.82) is 0 Å². The van der Waals surface area contributed by atoms with E-state index < -0.39 is 0 Å². The summed E-state index contributed by atoms with van der Waals surface area (Å²) in [4.78, 5) is 7.48. The Labute approximate surface area is 124 Å². The monoisotopic (exact) mass is 286 g/mol. The maximum absolute atomic E-state index is 4.99. The molecule has 3 heterocycles. The molecule has 0 amide bonds. The first-order chi connectivity index (χ1) is 10.3. The number of nitrogens with zero attached hydrogens (tertiary/aromatic N) is 4. The molecule has 1 fully saturated rings. The SMILES string of the molecule is Cn1c([C@@H]2CCCN2Cc2ccon2)nc2c1CCCC2. The van der Waals surface area contributed by atoms with Crippen molar-refractivity contribution < 1.29 is 4.52 Å². The van der Waals surface area contributed by atoms with Crippen molar-refractivity contribution in [3.05, 3.63) is 35.2 Å². The number of aromatic nitrogens is 3. The van der Waals surface area contributed by atoms with Crippen LogP contribution >= 0.6 is 0 Å². The minimum atomic E-state index is 0.428. The van der Waals surface area contributed by atoms with Crippen molar-refractivity contribution >= 4 is 0 Å². The van der Waals surface area contributed by atoms with Crippen molar-refractivity contribution in [1.82, 2.24) is 19.6 Å². The highest BCUT2D eigenvalue weighted by Gasteiger charge is 2.31. The lowest BCUT2D eigenvalue weighted by atomic mass is 10.0. The summed E-state index contributed by atoms with van der Waals surface area (Å²) in [6, 6.07) is 2.39. The number of imidazole rings is 1. The zero-order chi connectivity index (χ0) is 14.2. The van der Waals surface area contributed by atoms with Gasteiger partial charge < -0.3 is 9.09 Å². The fourth-order valence-electron chi connectivity index (χ4n) is 3.84. The normalized spacial score (nSPS) is 22.6. The summed E-state index contributed by atoms with van der Waals surface area (Å²) in [7, 11) is 2.19. The number of likely N-dealkylation sites (tertiary alicyclic amines) is 1. The number of fused-ring (bicyclic) bond motifs is 1. The third kappa shape index (κ3) is 2.29. The van der Waals surface area contributed by atoms with Crippen LogP contribution in [0.1, 0.15) is 54.6 Å². The number of aryl methyl sites for hydroxylation is 1. The van der Waals surface area contributed by atoms with Crippen LogP contribution in [0.4, 0.5) is 0 Å². The highest BCUT2D eigenvalue weighted by Crippen LogP contribution is 2.34. The van der Waals surface area contributed by atoms with E-state index in [0.717, 1.165) is 25.2 Å². The zero-order valence-electron chi connectivity index (χ0n) is 12.6. The van der Waals surface area contributed by atoms with Gasteiger partial charge in [0.15, 0.2) is 0 Å². The molecule has 0 N–H and O–H groups in total. The molecule has 1 aliphatic carbocycles. The summed E-state index contributed by atoms with van der Waals surface area (Å²) >= 11 is 0. The summed E-state index contributed by atoms with van der Waals surface area (Å²) in [6.07, 6.45) is 9.02. The fraction of sp³-hybridized carbons (Fsp3) is 0.625. The van der Waals surface area contributed by atoms with E-state index in [-0.39, 0.29) is 0 Å². The average molecular weight is 286 g/mol. The Bertz CT molecular complexity index is 617. The summed E-state index contributed by atoms with van der Waals surface area (Å²) in [5.41, 5.74) is 3.82. The lowest BCUT2D eigenvalue weighted by molar-refractivity contribution is 0.229. The summed E-state index contributed by atoms with van der Waals surface area (Å²) in [5, 5.41) is 4.05. The van der Waals surface area contributed by atoms with Crippen LogP contribution in [-0.4, -0.2) is 26.2 Å². The zero-order valence-corrected chi connectivity index (χ0v) is 12.6. The number of hydrogen-bond acceptors (Lipinski definition) is 4. The van der Waals surface area contributed by atoms with Gasteiger partial charge in [0.2, 0.25) is 0 Å². The molecule has 0 unspecified atom stereocenters. The van der Waals surface area contributed by atoms with Crippen molar-refractivity contribution in [2.75, 3.05) is 6.54 Å². The van der Waals surface area contributed by atoms with E-state index in [1.54, 1.807) is 6.26 Å². The Balaban J connectivity index is 1.61. The van der Waals surface area contributed by atoms with Gasteiger partial charge in [-0.2, -0.15) is 0 Å². The second kappa shape index (κ2) is 5.30. The number of rotatable bonds is 3. The Morgan fingerprint density at radius 2 is 2.19 bits per heavy atom. The van der Waals surface area contributed by atoms with E-state index in [1.807, 2.05) is 6.07 Å². The second-order valence-corrected chi connectivity index (χ2v) is 6.25. The standard InChI is InChI=1S/C16H22N4O/c1-19-14-6-3-2-5-13(14)17-16(19)15-7-4-9-20(15)11-12-8-10-21-18-12/h8,10,15H,2-7,9,11H2,1H3/t15-/m0/s1. The molecular formula is C16H22N4O. The highest BCUT2D eigenvalue weighted by atomic mass is 16.5. The van der Waals surface area contributed by atoms with E-state index in [1.165, 1.54) is 49.3 Å². The maximum Gasteiger partial charge on any atom is 0.126 e. The van der Waals surface area contributed by atoms with Gasteiger partial charge in [-0.1, -0.05) is 5.16 Å². The molecule has 1 aliphatic heterocycles. The Hall–Kier alpha value is -1.62. The molecule has 112 valence electrons. The van der Waals surface area contributed by atoms with Crippen LogP contribution in [0.25, 0.3) is 0 Å². The van der Waals surface area contributed by atoms with Gasteiger partial charge in [-0.15, -0.1) is 0 Å². The van der Waals surface area contributed by atoms with Crippen LogP contribution in [0.3, 0.4) is 0 Å². The molecule has 2 aliphatic rings. The predicted octanol–water partition coefficient (Wildman–Crippen LogP) is 2.62. The van der Waals surface area contributed by atoms with Gasteiger partial charge >= 0.3 is 0 Å². The van der Waals surface area contributed by atoms with Gasteiger partial charge in [-0.3, -0.25) is 4.90 Å². The first kappa shape index (κ1) is 13.1. The third-order valence-corrected chi connectivity index (χ3v) is 4.93. The molecule has 21 heavy (non-hydrogen) atoms. The minimum Gasteiger partial charge on any atom is -0.364 e. The summed E-state index contributed by atoms with van der Waals surface area (Å²) in [5.74, 6) is 1.25. The molecule has 0 saturated carbocycles. The first-order valence-corrected chi connectivity index (χ1v) is 8.00. The maximum atomic E-state index is 4.99. The molecule has 5 nitrogen and oxygen atoms in total. The van der Waals surface area contributed by atoms with Crippen LogP contribution in [0.5, 0.6) is 0 Å². The molecule has 0 spiro atoms. The molecule has 1 saturated heterocycles. The van der Waals surface area contributed by atoms with Crippen LogP contribution in [0.2, 0.25) is 0 Å². The average Bonchev–Trinajstić information content (AvgIpc) is 3.21. The first-order valence-electron chi connectivity index (χ1n) is 8.00. The van der Waals surface area contributed by atoms with E-state index in [2.05, 4.69) is 21.7 Å². The summed E-state index contributed by atoms with van der Waals surface area (Å²) in [6.45, 7) is 1.98. The molecule has 5 heteroatoms. The topological polar surface area (TPSA) is 47.1 Å². The Morgan fingerprint density at radius 1 is 1.29 bits per heavy atom. The van der Waals surface area contributed by atoms with Gasteiger partial charge in [-0.05, 0) is 45.1 Å². The molecular weight excluding hydrogens is 264 g/mol. The molecule has 4 rings (SSSR count). The lowest BCUT2D eigenvalue weighted by Crippen LogP contribution is -2.25. The van der Waals surface area contributed by atoms with E-state index in [4.69, 9.17) is 9.51 Å². The van der Waals surface area contributed by atoms with Crippen molar-refractivity contribution in [2.45, 2.75) is 51.1 Å². The molecule has 0 aromatic carbocycles. The van der Waals surface area contributed by atoms with Gasteiger partial charge in [0.1, 0.15) is 12.1 Å². The Kier molecular flexibility index (Phi) is 3.30. The van der Waals surface area contributed by atoms with Crippen molar-refractivity contribution in [2.24, 2.45) is 7.05 Å². The fourth-order valence-corrected chi connectivity index (χ4v) is 3.84. The van der Waals surface area contributed by atoms with Crippen LogP contribution in [0.15, 0.2) is 16.9 Å². The quantitative estimate of drug-likeness (QED) is 0.870. The van der Waals surface area contributed by atoms with E-state index in [0.29, 0.717) is 6.04 Å². The van der Waals surface area contributed by atoms with E-state index in [9.17, 15) is 0 Å². The minimum absolute atomic E-state index is 0.428. The van der Waals surface area contributed by atoms with Gasteiger partial charge in [0, 0.05) is 25.4 Å². The highest BCUT2D eigenvalue weighted by molar-refractivity contribution is 5.22.